The van der Waals surface area contributed by atoms with Gasteiger partial charge in [0, 0.05) is 31.7 Å². The molecule has 0 bridgehead atoms. The summed E-state index contributed by atoms with van der Waals surface area (Å²) in [5, 5.41) is 21.2. The largest absolute Gasteiger partial charge is 0.366 e. The monoisotopic (exact) mass is 342 g/mol. The fraction of sp³-hybridized carbons (Fsp3) is 0.375. The van der Waals surface area contributed by atoms with Gasteiger partial charge in [0.15, 0.2) is 0 Å². The van der Waals surface area contributed by atoms with Gasteiger partial charge in [-0.3, -0.25) is 5.10 Å². The van der Waals surface area contributed by atoms with Crippen LogP contribution in [0.25, 0.3) is 11.4 Å². The highest BCUT2D eigenvalue weighted by molar-refractivity contribution is 5.64. The van der Waals surface area contributed by atoms with E-state index in [0.717, 1.165) is 48.8 Å². The van der Waals surface area contributed by atoms with Gasteiger partial charge in [-0.2, -0.15) is 10.3 Å². The van der Waals surface area contributed by atoms with Crippen LogP contribution in [0.4, 0.5) is 15.8 Å². The van der Waals surface area contributed by atoms with Gasteiger partial charge in [-0.05, 0) is 37.3 Å². The van der Waals surface area contributed by atoms with E-state index < -0.39 is 0 Å². The van der Waals surface area contributed by atoms with Gasteiger partial charge in [-0.25, -0.2) is 4.39 Å². The molecule has 1 saturated heterocycles. The van der Waals surface area contributed by atoms with Gasteiger partial charge in [0.25, 0.3) is 0 Å². The summed E-state index contributed by atoms with van der Waals surface area (Å²) in [5.41, 5.74) is 4.53. The molecule has 9 heteroatoms. The second kappa shape index (κ2) is 6.15. The Labute approximate surface area is 144 Å². The molecule has 1 fully saturated rings. The molecule has 0 amide bonds. The summed E-state index contributed by atoms with van der Waals surface area (Å²) in [7, 11) is 0. The highest BCUT2D eigenvalue weighted by atomic mass is 19.1. The third-order valence-electron chi connectivity index (χ3n) is 4.58. The first kappa shape index (κ1) is 15.6. The molecule has 0 radical (unpaired) electrons. The molecule has 4 rings (SSSR count). The smallest absolute Gasteiger partial charge is 0.204 e. The van der Waals surface area contributed by atoms with Gasteiger partial charge in [-0.1, -0.05) is 0 Å². The average molecular weight is 342 g/mol. The third kappa shape index (κ3) is 2.81. The Kier molecular flexibility index (Phi) is 3.83. The van der Waals surface area contributed by atoms with E-state index in [0.29, 0.717) is 11.5 Å². The second-order valence-corrected chi connectivity index (χ2v) is 6.16. The summed E-state index contributed by atoms with van der Waals surface area (Å²) >= 11 is 0. The first-order valence-corrected chi connectivity index (χ1v) is 8.18. The summed E-state index contributed by atoms with van der Waals surface area (Å²) in [5.74, 6) is 0.223. The number of anilines is 2. The van der Waals surface area contributed by atoms with Crippen molar-refractivity contribution in [3.05, 3.63) is 35.4 Å². The minimum absolute atomic E-state index is 0.239. The van der Waals surface area contributed by atoms with Crippen LogP contribution in [0.2, 0.25) is 0 Å². The molecule has 3 heterocycles. The Morgan fingerprint density at radius 3 is 2.44 bits per heavy atom. The van der Waals surface area contributed by atoms with Crippen molar-refractivity contribution in [2.45, 2.75) is 13.8 Å². The predicted molar refractivity (Wildman–Crippen MR) is 92.1 cm³/mol. The molecule has 8 nitrogen and oxygen atoms in total. The van der Waals surface area contributed by atoms with E-state index in [1.54, 1.807) is 12.1 Å². The molecule has 0 saturated carbocycles. The van der Waals surface area contributed by atoms with E-state index in [1.807, 2.05) is 13.8 Å². The number of hydrogen-bond acceptors (Lipinski definition) is 6. The lowest BCUT2D eigenvalue weighted by Gasteiger charge is -2.37. The first-order chi connectivity index (χ1) is 12.1. The molecule has 1 aliphatic heterocycles. The Hall–Kier alpha value is -2.97. The van der Waals surface area contributed by atoms with Crippen LogP contribution in [0.3, 0.4) is 0 Å². The van der Waals surface area contributed by atoms with Gasteiger partial charge < -0.3 is 9.80 Å². The topological polar surface area (TPSA) is 89.6 Å². The van der Waals surface area contributed by atoms with E-state index in [4.69, 9.17) is 0 Å². The van der Waals surface area contributed by atoms with Crippen LogP contribution >= 0.6 is 0 Å². The molecule has 0 aliphatic carbocycles. The van der Waals surface area contributed by atoms with Gasteiger partial charge in [0.05, 0.1) is 22.8 Å². The SMILES string of the molecule is Cc1n[nH]c(C)c1N1CCN(c2cc(-c3nn[nH]n3)ccc2F)CC1. The van der Waals surface area contributed by atoms with Crippen LogP contribution in [0, 0.1) is 19.7 Å². The van der Waals surface area contributed by atoms with Gasteiger partial charge in [0.2, 0.25) is 5.82 Å². The molecular weight excluding hydrogens is 323 g/mol. The Morgan fingerprint density at radius 1 is 1.04 bits per heavy atom. The maximum atomic E-state index is 14.4. The average Bonchev–Trinajstić information content (AvgIpc) is 3.26. The molecule has 0 atom stereocenters. The van der Waals surface area contributed by atoms with Crippen molar-refractivity contribution in [3.63, 3.8) is 0 Å². The number of tetrazole rings is 1. The van der Waals surface area contributed by atoms with Crippen LogP contribution < -0.4 is 9.80 Å². The molecule has 2 aromatic heterocycles. The molecule has 0 unspecified atom stereocenters. The molecule has 0 spiro atoms. The maximum Gasteiger partial charge on any atom is 0.204 e. The number of aromatic amines is 2. The first-order valence-electron chi connectivity index (χ1n) is 8.18. The van der Waals surface area contributed by atoms with Crippen molar-refractivity contribution < 1.29 is 4.39 Å². The molecule has 3 aromatic rings. The third-order valence-corrected chi connectivity index (χ3v) is 4.58. The molecule has 2 N–H and O–H groups in total. The predicted octanol–water partition coefficient (Wildman–Crippen LogP) is 1.67. The van der Waals surface area contributed by atoms with Crippen molar-refractivity contribution in [3.8, 4) is 11.4 Å². The number of benzene rings is 1. The number of nitrogens with one attached hydrogen (secondary N) is 2. The Balaban J connectivity index is 1.54. The Bertz CT molecular complexity index is 845. The minimum Gasteiger partial charge on any atom is -0.366 e. The molecular formula is C16H19FN8. The number of hydrogen-bond donors (Lipinski definition) is 2. The fourth-order valence-corrected chi connectivity index (χ4v) is 3.36. The summed E-state index contributed by atoms with van der Waals surface area (Å²) in [6.45, 7) is 7.11. The van der Waals surface area contributed by atoms with Gasteiger partial charge in [-0.15, -0.1) is 10.2 Å². The van der Waals surface area contributed by atoms with E-state index in [1.165, 1.54) is 6.07 Å². The van der Waals surface area contributed by atoms with Gasteiger partial charge >= 0.3 is 0 Å². The zero-order valence-corrected chi connectivity index (χ0v) is 14.1. The van der Waals surface area contributed by atoms with E-state index >= 15 is 0 Å². The number of aromatic nitrogens is 6. The van der Waals surface area contributed by atoms with Crippen molar-refractivity contribution in [2.24, 2.45) is 0 Å². The molecule has 130 valence electrons. The molecule has 1 aromatic carbocycles. The van der Waals surface area contributed by atoms with Crippen molar-refractivity contribution >= 4 is 11.4 Å². The lowest BCUT2D eigenvalue weighted by molar-refractivity contribution is 0.597. The van der Waals surface area contributed by atoms with Crippen LogP contribution in [-0.2, 0) is 0 Å². The summed E-state index contributed by atoms with van der Waals surface area (Å²) in [6.07, 6.45) is 0. The van der Waals surface area contributed by atoms with E-state index in [9.17, 15) is 4.39 Å². The van der Waals surface area contributed by atoms with Crippen molar-refractivity contribution in [1.82, 2.24) is 30.8 Å². The quantitative estimate of drug-likeness (QED) is 0.753. The fourth-order valence-electron chi connectivity index (χ4n) is 3.36. The van der Waals surface area contributed by atoms with Crippen molar-refractivity contribution in [1.29, 1.82) is 0 Å². The lowest BCUT2D eigenvalue weighted by atomic mass is 10.1. The number of rotatable bonds is 3. The summed E-state index contributed by atoms with van der Waals surface area (Å²) in [6, 6.07) is 4.90. The van der Waals surface area contributed by atoms with Crippen LogP contribution in [0.5, 0.6) is 0 Å². The number of halogens is 1. The number of nitrogens with zero attached hydrogens (tertiary/aromatic N) is 6. The minimum atomic E-state index is -0.239. The van der Waals surface area contributed by atoms with Crippen LogP contribution in [0.1, 0.15) is 11.4 Å². The van der Waals surface area contributed by atoms with Gasteiger partial charge in [0.1, 0.15) is 5.82 Å². The zero-order chi connectivity index (χ0) is 17.4. The number of piperazine rings is 1. The Morgan fingerprint density at radius 2 is 1.80 bits per heavy atom. The number of H-pyrrole nitrogens is 2. The maximum absolute atomic E-state index is 14.4. The van der Waals surface area contributed by atoms with E-state index in [2.05, 4.69) is 40.6 Å². The highest BCUT2D eigenvalue weighted by Gasteiger charge is 2.23. The highest BCUT2D eigenvalue weighted by Crippen LogP contribution is 2.28. The van der Waals surface area contributed by atoms with E-state index in [-0.39, 0.29) is 5.82 Å². The normalized spacial score (nSPS) is 15.0. The molecule has 25 heavy (non-hydrogen) atoms. The lowest BCUT2D eigenvalue weighted by Crippen LogP contribution is -2.47. The van der Waals surface area contributed by atoms with Crippen LogP contribution in [0.15, 0.2) is 18.2 Å². The zero-order valence-electron chi connectivity index (χ0n) is 14.1. The van der Waals surface area contributed by atoms with Crippen LogP contribution in [-0.4, -0.2) is 57.0 Å². The number of aryl methyl sites for hydroxylation is 2. The second-order valence-electron chi connectivity index (χ2n) is 6.16. The summed E-state index contributed by atoms with van der Waals surface area (Å²) in [4.78, 5) is 4.35. The summed E-state index contributed by atoms with van der Waals surface area (Å²) < 4.78 is 14.4. The standard InChI is InChI=1S/C16H19FN8/c1-10-15(11(2)19-18-10)25-7-5-24(6-8-25)14-9-12(3-4-13(14)17)16-20-22-23-21-16/h3-4,9H,5-8H2,1-2H3,(H,18,19)(H,20,21,22,23). The van der Waals surface area contributed by atoms with Crippen molar-refractivity contribution in [2.75, 3.05) is 36.0 Å². The molecule has 1 aliphatic rings.